The van der Waals surface area contributed by atoms with Crippen LogP contribution in [0.25, 0.3) is 22.0 Å². The first-order valence-corrected chi connectivity index (χ1v) is 13.2. The molecule has 0 unspecified atom stereocenters. The van der Waals surface area contributed by atoms with E-state index in [2.05, 4.69) is 16.5 Å². The molecule has 1 amide bonds. The van der Waals surface area contributed by atoms with Crippen LogP contribution in [0.15, 0.2) is 36.9 Å². The monoisotopic (exact) mass is 556 g/mol. The summed E-state index contributed by atoms with van der Waals surface area (Å²) in [6.45, 7) is 9.73. The van der Waals surface area contributed by atoms with Crippen LogP contribution in [0.5, 0.6) is 5.75 Å². The first-order valence-electron chi connectivity index (χ1n) is 12.8. The van der Waals surface area contributed by atoms with Crippen molar-refractivity contribution >= 4 is 40.2 Å². The van der Waals surface area contributed by atoms with Crippen molar-refractivity contribution < 1.29 is 18.7 Å². The average molecular weight is 557 g/mol. The number of carbonyl (C=O) groups is 1. The molecule has 0 spiro atoms. The summed E-state index contributed by atoms with van der Waals surface area (Å²) in [7, 11) is 3.99. The molecule has 2 aliphatic rings. The maximum atomic E-state index is 16.3. The SMILES string of the molecule is C=CC(=O)N1C[C@H](C)N(c2nc(N3CC(N(C)C)C3)nc3c(F)c(-c4c(O)cccc4F)c(Cl)cc23)C[C@H]1C. The molecule has 1 aromatic heterocycles. The first kappa shape index (κ1) is 27.1. The minimum Gasteiger partial charge on any atom is -0.507 e. The first-order chi connectivity index (χ1) is 18.5. The number of hydrogen-bond donors (Lipinski definition) is 1. The van der Waals surface area contributed by atoms with E-state index in [1.165, 1.54) is 24.3 Å². The summed E-state index contributed by atoms with van der Waals surface area (Å²) in [6.07, 6.45) is 1.30. The molecule has 0 saturated carbocycles. The number of hydrogen-bond acceptors (Lipinski definition) is 7. The van der Waals surface area contributed by atoms with Gasteiger partial charge in [0.1, 0.15) is 22.9 Å². The quantitative estimate of drug-likeness (QED) is 0.470. The van der Waals surface area contributed by atoms with Gasteiger partial charge in [-0.15, -0.1) is 0 Å². The van der Waals surface area contributed by atoms with E-state index in [4.69, 9.17) is 16.6 Å². The number of fused-ring (bicyclic) bond motifs is 1. The highest BCUT2D eigenvalue weighted by atomic mass is 35.5. The minimum atomic E-state index is -0.839. The molecule has 206 valence electrons. The zero-order chi connectivity index (χ0) is 28.2. The second kappa shape index (κ2) is 10.2. The topological polar surface area (TPSA) is 76.0 Å². The molecule has 0 aliphatic carbocycles. The van der Waals surface area contributed by atoms with Crippen molar-refractivity contribution in [3.05, 3.63) is 53.6 Å². The summed E-state index contributed by atoms with van der Waals surface area (Å²) in [6, 6.07) is 5.28. The standard InChI is InChI=1S/C28H31ClF2N6O2/c1-6-22(39)36-11-16(3)37(12-15(36)2)27-18-10-19(29)23(24-20(30)8-7-9-21(24)38)25(31)26(18)32-28(33-27)35-13-17(14-35)34(4)5/h6-10,15-17,38H,1,11-14H2,2-5H3/t15-,16+/m1/s1. The maximum absolute atomic E-state index is 16.3. The molecular weight excluding hydrogens is 526 g/mol. The molecule has 0 bridgehead atoms. The molecule has 11 heteroatoms. The second-order valence-electron chi connectivity index (χ2n) is 10.5. The van der Waals surface area contributed by atoms with Gasteiger partial charge in [-0.05, 0) is 52.2 Å². The van der Waals surface area contributed by atoms with E-state index in [1.54, 1.807) is 4.90 Å². The van der Waals surface area contributed by atoms with E-state index in [-0.39, 0.29) is 39.7 Å². The molecule has 2 aliphatic heterocycles. The Morgan fingerprint density at radius 3 is 2.49 bits per heavy atom. The van der Waals surface area contributed by atoms with Crippen molar-refractivity contribution in [2.75, 3.05) is 50.1 Å². The van der Waals surface area contributed by atoms with Gasteiger partial charge in [0.15, 0.2) is 5.82 Å². The van der Waals surface area contributed by atoms with Crippen LogP contribution in [0.3, 0.4) is 0 Å². The van der Waals surface area contributed by atoms with Crippen LogP contribution >= 0.6 is 11.6 Å². The molecule has 3 aromatic rings. The van der Waals surface area contributed by atoms with Gasteiger partial charge < -0.3 is 24.7 Å². The Morgan fingerprint density at radius 1 is 1.13 bits per heavy atom. The Balaban J connectivity index is 1.68. The fourth-order valence-corrected chi connectivity index (χ4v) is 5.60. The van der Waals surface area contributed by atoms with Crippen LogP contribution in [0.2, 0.25) is 5.02 Å². The molecule has 39 heavy (non-hydrogen) atoms. The lowest BCUT2D eigenvalue weighted by Gasteiger charge is -2.45. The number of carbonyl (C=O) groups excluding carboxylic acids is 1. The Morgan fingerprint density at radius 2 is 1.85 bits per heavy atom. The zero-order valence-electron chi connectivity index (χ0n) is 22.3. The molecular formula is C28H31ClF2N6O2. The maximum Gasteiger partial charge on any atom is 0.246 e. The average Bonchev–Trinajstić information content (AvgIpc) is 2.85. The van der Waals surface area contributed by atoms with E-state index in [9.17, 15) is 14.3 Å². The highest BCUT2D eigenvalue weighted by Gasteiger charge is 2.36. The number of likely N-dealkylation sites (N-methyl/N-ethyl adjacent to an activating group) is 1. The number of phenols is 1. The Kier molecular flexibility index (Phi) is 7.11. The highest BCUT2D eigenvalue weighted by molar-refractivity contribution is 6.34. The lowest BCUT2D eigenvalue weighted by atomic mass is 10.00. The summed E-state index contributed by atoms with van der Waals surface area (Å²) in [5, 5.41) is 10.7. The third-order valence-corrected chi connectivity index (χ3v) is 7.98. The van der Waals surface area contributed by atoms with Crippen LogP contribution in [-0.4, -0.2) is 89.2 Å². The smallest absolute Gasteiger partial charge is 0.246 e. The molecule has 0 radical (unpaired) electrons. The van der Waals surface area contributed by atoms with E-state index < -0.39 is 17.4 Å². The Hall–Kier alpha value is -3.50. The number of rotatable bonds is 5. The molecule has 2 fully saturated rings. The number of nitrogens with zero attached hydrogens (tertiary/aromatic N) is 6. The van der Waals surface area contributed by atoms with E-state index >= 15 is 4.39 Å². The van der Waals surface area contributed by atoms with Crippen molar-refractivity contribution in [2.45, 2.75) is 32.0 Å². The van der Waals surface area contributed by atoms with Gasteiger partial charge in [-0.3, -0.25) is 4.79 Å². The third kappa shape index (κ3) is 4.65. The van der Waals surface area contributed by atoms with Gasteiger partial charge in [-0.25, -0.2) is 13.8 Å². The van der Waals surface area contributed by atoms with Gasteiger partial charge in [0.25, 0.3) is 0 Å². The molecule has 1 N–H and O–H groups in total. The van der Waals surface area contributed by atoms with Gasteiger partial charge in [0, 0.05) is 55.3 Å². The molecule has 2 atom stereocenters. The lowest BCUT2D eigenvalue weighted by molar-refractivity contribution is -0.128. The van der Waals surface area contributed by atoms with E-state index in [0.29, 0.717) is 49.4 Å². The van der Waals surface area contributed by atoms with Crippen molar-refractivity contribution in [2.24, 2.45) is 0 Å². The molecule has 2 aromatic carbocycles. The number of aromatic nitrogens is 2. The third-order valence-electron chi connectivity index (χ3n) is 7.68. The van der Waals surface area contributed by atoms with Crippen LogP contribution < -0.4 is 9.80 Å². The summed E-state index contributed by atoms with van der Waals surface area (Å²) in [4.78, 5) is 29.7. The highest BCUT2D eigenvalue weighted by Crippen LogP contribution is 2.43. The number of amides is 1. The van der Waals surface area contributed by atoms with Crippen molar-refractivity contribution in [3.63, 3.8) is 0 Å². The number of benzene rings is 2. The van der Waals surface area contributed by atoms with Crippen molar-refractivity contribution in [1.82, 2.24) is 19.8 Å². The van der Waals surface area contributed by atoms with Crippen LogP contribution in [0, 0.1) is 11.6 Å². The predicted octanol–water partition coefficient (Wildman–Crippen LogP) is 4.30. The van der Waals surface area contributed by atoms with Crippen LogP contribution in [-0.2, 0) is 4.79 Å². The Labute approximate surface area is 231 Å². The second-order valence-corrected chi connectivity index (χ2v) is 10.9. The van der Waals surface area contributed by atoms with Crippen LogP contribution in [0.4, 0.5) is 20.5 Å². The van der Waals surface area contributed by atoms with E-state index in [0.717, 1.165) is 6.07 Å². The van der Waals surface area contributed by atoms with E-state index in [1.807, 2.05) is 37.7 Å². The van der Waals surface area contributed by atoms with Crippen molar-refractivity contribution in [3.8, 4) is 16.9 Å². The number of halogens is 3. The number of phenolic OH excluding ortho intramolecular Hbond substituents is 1. The molecule has 3 heterocycles. The van der Waals surface area contributed by atoms with Gasteiger partial charge in [0.05, 0.1) is 10.6 Å². The van der Waals surface area contributed by atoms with Crippen molar-refractivity contribution in [1.29, 1.82) is 0 Å². The number of piperazine rings is 1. The lowest BCUT2D eigenvalue weighted by Crippen LogP contribution is -2.59. The molecule has 2 saturated heterocycles. The van der Waals surface area contributed by atoms with Crippen LogP contribution in [0.1, 0.15) is 13.8 Å². The van der Waals surface area contributed by atoms with Gasteiger partial charge in [-0.2, -0.15) is 4.98 Å². The Bertz CT molecular complexity index is 1440. The fraction of sp³-hybridized carbons (Fsp3) is 0.393. The predicted molar refractivity (Wildman–Crippen MR) is 149 cm³/mol. The van der Waals surface area contributed by atoms with Gasteiger partial charge in [-0.1, -0.05) is 24.2 Å². The summed E-state index contributed by atoms with van der Waals surface area (Å²) < 4.78 is 31.1. The van der Waals surface area contributed by atoms with Gasteiger partial charge in [0.2, 0.25) is 11.9 Å². The number of anilines is 2. The van der Waals surface area contributed by atoms with Gasteiger partial charge >= 0.3 is 0 Å². The summed E-state index contributed by atoms with van der Waals surface area (Å²) in [5.74, 6) is -1.38. The number of aromatic hydroxyl groups is 1. The summed E-state index contributed by atoms with van der Waals surface area (Å²) >= 11 is 6.57. The zero-order valence-corrected chi connectivity index (χ0v) is 23.1. The summed E-state index contributed by atoms with van der Waals surface area (Å²) in [5.41, 5.74) is -0.596. The largest absolute Gasteiger partial charge is 0.507 e. The molecule has 8 nitrogen and oxygen atoms in total. The normalized spacial score (nSPS) is 20.1. The molecule has 5 rings (SSSR count). The fourth-order valence-electron chi connectivity index (χ4n) is 5.31. The minimum absolute atomic E-state index is 0.0187.